The van der Waals surface area contributed by atoms with E-state index in [2.05, 4.69) is 33.8 Å². The van der Waals surface area contributed by atoms with Gasteiger partial charge >= 0.3 is 0 Å². The molecule has 0 saturated carbocycles. The van der Waals surface area contributed by atoms with Crippen molar-refractivity contribution in [2.45, 2.75) is 44.8 Å². The average molecular weight is 568 g/mol. The number of rotatable bonds is 10. The molecule has 0 aromatic heterocycles. The van der Waals surface area contributed by atoms with Gasteiger partial charge in [0.05, 0.1) is 17.2 Å². The van der Waals surface area contributed by atoms with E-state index < -0.39 is 8.32 Å². The molecule has 0 radical (unpaired) electrons. The van der Waals surface area contributed by atoms with Crippen molar-refractivity contribution in [1.82, 2.24) is 9.80 Å². The minimum atomic E-state index is -2.37. The Morgan fingerprint density at radius 3 is 1.95 bits per heavy atom. The second-order valence-corrected chi connectivity index (χ2v) is 16.2. The number of benzene rings is 3. The first-order valence-corrected chi connectivity index (χ1v) is 16.2. The van der Waals surface area contributed by atoms with E-state index in [4.69, 9.17) is 4.43 Å². The van der Waals surface area contributed by atoms with Crippen LogP contribution in [0.2, 0.25) is 11.1 Å². The van der Waals surface area contributed by atoms with Crippen LogP contribution in [0.4, 0.5) is 0 Å². The molecule has 0 heterocycles. The van der Waals surface area contributed by atoms with E-state index in [-0.39, 0.29) is 11.8 Å². The molecule has 214 valence electrons. The Balaban J connectivity index is 1.92. The van der Waals surface area contributed by atoms with E-state index in [0.717, 1.165) is 28.5 Å². The fourth-order valence-electron chi connectivity index (χ4n) is 4.98. The van der Waals surface area contributed by atoms with Gasteiger partial charge in [-0.05, 0) is 51.5 Å². The van der Waals surface area contributed by atoms with E-state index >= 15 is 0 Å². The summed E-state index contributed by atoms with van der Waals surface area (Å²) in [5, 5.41) is 9.50. The lowest BCUT2D eigenvalue weighted by Gasteiger charge is -2.39. The van der Waals surface area contributed by atoms with Gasteiger partial charge in [0.2, 0.25) is 5.91 Å². The highest BCUT2D eigenvalue weighted by molar-refractivity contribution is 6.76. The van der Waals surface area contributed by atoms with Gasteiger partial charge in [0.15, 0.2) is 0 Å². The van der Waals surface area contributed by atoms with Gasteiger partial charge in [0, 0.05) is 40.3 Å². The molecule has 2 amide bonds. The quantitative estimate of drug-likeness (QED) is 0.202. The third-order valence-electron chi connectivity index (χ3n) is 7.57. The summed E-state index contributed by atoms with van der Waals surface area (Å²) in [4.78, 5) is 28.3. The Kier molecular flexibility index (Phi) is 10.3. The topological polar surface area (TPSA) is 73.6 Å². The average Bonchev–Trinajstić information content (AvgIpc) is 2.95. The number of carbonyl (C=O) groups is 2. The van der Waals surface area contributed by atoms with Gasteiger partial charge in [-0.25, -0.2) is 0 Å². The maximum atomic E-state index is 12.9. The number of nitriles is 1. The number of amides is 2. The molecule has 7 heteroatoms. The molecule has 3 aromatic carbocycles. The lowest BCUT2D eigenvalue weighted by atomic mass is 10.0. The smallest absolute Gasteiger partial charge is 0.260 e. The molecule has 0 aliphatic heterocycles. The molecule has 0 spiro atoms. The Morgan fingerprint density at radius 2 is 1.44 bits per heavy atom. The Morgan fingerprint density at radius 1 is 0.854 bits per heavy atom. The third kappa shape index (κ3) is 7.33. The van der Waals surface area contributed by atoms with E-state index in [1.54, 1.807) is 28.2 Å². The van der Waals surface area contributed by atoms with Gasteiger partial charge in [-0.1, -0.05) is 82.3 Å². The SMILES string of the molecule is CC(C)[Si](Cc1ccc(/C(=C\C(=O)N(C)C)C(=O)N(C)C)cc1)(Oc1ccc(-c2ccccc2C#N)cc1)C(C)C. The van der Waals surface area contributed by atoms with Crippen LogP contribution in [0, 0.1) is 11.3 Å². The number of carbonyl (C=O) groups excluding carboxylic acids is 2. The van der Waals surface area contributed by atoms with Crippen LogP contribution in [0.15, 0.2) is 78.9 Å². The highest BCUT2D eigenvalue weighted by atomic mass is 28.4. The molecule has 3 aromatic rings. The van der Waals surface area contributed by atoms with Crippen molar-refractivity contribution in [2.24, 2.45) is 0 Å². The molecule has 0 fully saturated rings. The second kappa shape index (κ2) is 13.5. The summed E-state index contributed by atoms with van der Waals surface area (Å²) in [7, 11) is 4.32. The van der Waals surface area contributed by atoms with Crippen molar-refractivity contribution < 1.29 is 14.0 Å². The fraction of sp³-hybridized carbons (Fsp3) is 0.324. The van der Waals surface area contributed by atoms with Gasteiger partial charge < -0.3 is 14.2 Å². The van der Waals surface area contributed by atoms with Crippen LogP contribution >= 0.6 is 0 Å². The maximum Gasteiger partial charge on any atom is 0.260 e. The number of nitrogens with zero attached hydrogens (tertiary/aromatic N) is 3. The minimum absolute atomic E-state index is 0.217. The van der Waals surface area contributed by atoms with Crippen molar-refractivity contribution in [3.63, 3.8) is 0 Å². The van der Waals surface area contributed by atoms with Crippen molar-refractivity contribution in [3.8, 4) is 22.9 Å². The molecule has 0 bridgehead atoms. The van der Waals surface area contributed by atoms with Crippen LogP contribution < -0.4 is 4.43 Å². The van der Waals surface area contributed by atoms with Crippen molar-refractivity contribution in [1.29, 1.82) is 5.26 Å². The molecule has 0 aliphatic carbocycles. The zero-order valence-electron chi connectivity index (χ0n) is 25.4. The summed E-state index contributed by atoms with van der Waals surface area (Å²) in [6, 6.07) is 26.7. The summed E-state index contributed by atoms with van der Waals surface area (Å²) in [5.74, 6) is 0.379. The molecule has 6 nitrogen and oxygen atoms in total. The van der Waals surface area contributed by atoms with Crippen LogP contribution in [0.25, 0.3) is 16.7 Å². The van der Waals surface area contributed by atoms with Crippen molar-refractivity contribution >= 4 is 25.7 Å². The van der Waals surface area contributed by atoms with E-state index in [1.807, 2.05) is 72.8 Å². The molecule has 0 aliphatic rings. The van der Waals surface area contributed by atoms with E-state index in [1.165, 1.54) is 15.9 Å². The van der Waals surface area contributed by atoms with Gasteiger partial charge in [-0.2, -0.15) is 5.26 Å². The maximum absolute atomic E-state index is 12.9. The number of likely N-dealkylation sites (N-methyl/N-ethyl adjacent to an activating group) is 2. The zero-order valence-corrected chi connectivity index (χ0v) is 26.4. The summed E-state index contributed by atoms with van der Waals surface area (Å²) < 4.78 is 6.95. The molecule has 0 unspecified atom stereocenters. The largest absolute Gasteiger partial charge is 0.543 e. The molecule has 41 heavy (non-hydrogen) atoms. The molecular weight excluding hydrogens is 526 g/mol. The first-order chi connectivity index (χ1) is 19.4. The third-order valence-corrected chi connectivity index (χ3v) is 13.1. The second-order valence-electron chi connectivity index (χ2n) is 11.4. The molecule has 0 atom stereocenters. The van der Waals surface area contributed by atoms with E-state index in [0.29, 0.717) is 27.8 Å². The summed E-state index contributed by atoms with van der Waals surface area (Å²) in [6.07, 6.45) is 1.40. The van der Waals surface area contributed by atoms with Crippen LogP contribution in [-0.2, 0) is 15.6 Å². The molecular formula is C34H41N3O3Si. The normalized spacial score (nSPS) is 11.8. The van der Waals surface area contributed by atoms with Gasteiger partial charge in [0.1, 0.15) is 5.75 Å². The summed E-state index contributed by atoms with van der Waals surface area (Å²) in [6.45, 7) is 8.95. The zero-order chi connectivity index (χ0) is 30.3. The monoisotopic (exact) mass is 567 g/mol. The lowest BCUT2D eigenvalue weighted by molar-refractivity contribution is -0.125. The van der Waals surface area contributed by atoms with Crippen LogP contribution in [-0.4, -0.2) is 58.1 Å². The van der Waals surface area contributed by atoms with Crippen LogP contribution in [0.1, 0.15) is 44.4 Å². The highest BCUT2D eigenvalue weighted by Crippen LogP contribution is 2.38. The van der Waals surface area contributed by atoms with Gasteiger partial charge in [-0.15, -0.1) is 0 Å². The number of hydrogen-bond acceptors (Lipinski definition) is 4. The Bertz CT molecular complexity index is 1430. The van der Waals surface area contributed by atoms with Crippen LogP contribution in [0.5, 0.6) is 5.75 Å². The summed E-state index contributed by atoms with van der Waals surface area (Å²) >= 11 is 0. The van der Waals surface area contributed by atoms with E-state index in [9.17, 15) is 14.9 Å². The Labute approximate surface area is 246 Å². The first-order valence-electron chi connectivity index (χ1n) is 13.9. The first kappa shape index (κ1) is 31.4. The molecule has 0 saturated heterocycles. The fourth-order valence-corrected chi connectivity index (χ4v) is 9.13. The van der Waals surface area contributed by atoms with Gasteiger partial charge in [-0.3, -0.25) is 9.59 Å². The highest BCUT2D eigenvalue weighted by Gasteiger charge is 2.44. The molecule has 3 rings (SSSR count). The van der Waals surface area contributed by atoms with Crippen molar-refractivity contribution in [2.75, 3.05) is 28.2 Å². The Hall–Kier alpha value is -4.15. The number of hydrogen-bond donors (Lipinski definition) is 0. The lowest BCUT2D eigenvalue weighted by Crippen LogP contribution is -2.50. The predicted molar refractivity (Wildman–Crippen MR) is 169 cm³/mol. The minimum Gasteiger partial charge on any atom is -0.543 e. The van der Waals surface area contributed by atoms with Crippen molar-refractivity contribution in [3.05, 3.63) is 95.6 Å². The molecule has 0 N–H and O–H groups in total. The van der Waals surface area contributed by atoms with Crippen LogP contribution in [0.3, 0.4) is 0 Å². The van der Waals surface area contributed by atoms with Gasteiger partial charge in [0.25, 0.3) is 14.2 Å². The standard InChI is InChI=1S/C34H41N3O3Si/c1-24(2)41(25(3)4,40-30-19-17-27(18-20-30)31-12-10-9-11-29(31)22-35)23-26-13-15-28(16-14-26)32(34(39)37(7)8)21-33(38)36(5)6/h9-21,24-25H,23H2,1-8H3/b32-21+. The summed E-state index contributed by atoms with van der Waals surface area (Å²) in [5.41, 5.74) is 5.42. The predicted octanol–water partition coefficient (Wildman–Crippen LogP) is 6.71.